The van der Waals surface area contributed by atoms with Gasteiger partial charge in [-0.1, -0.05) is 12.1 Å². The van der Waals surface area contributed by atoms with E-state index in [2.05, 4.69) is 10.1 Å². The third-order valence-corrected chi connectivity index (χ3v) is 2.98. The van der Waals surface area contributed by atoms with Gasteiger partial charge in [0, 0.05) is 5.56 Å². The lowest BCUT2D eigenvalue weighted by molar-refractivity contribution is -0.157. The van der Waals surface area contributed by atoms with Gasteiger partial charge in [-0.05, 0) is 57.9 Å². The van der Waals surface area contributed by atoms with Crippen molar-refractivity contribution in [2.45, 2.75) is 46.6 Å². The van der Waals surface area contributed by atoms with Crippen LogP contribution in [0.1, 0.15) is 39.1 Å². The summed E-state index contributed by atoms with van der Waals surface area (Å²) in [5, 5.41) is 3.79. The van der Waals surface area contributed by atoms with Crippen molar-refractivity contribution in [2.24, 2.45) is 0 Å². The maximum Gasteiger partial charge on any atom is 0.344 e. The number of nitrogens with zero attached hydrogens (tertiary/aromatic N) is 2. The van der Waals surface area contributed by atoms with Gasteiger partial charge in [0.1, 0.15) is 11.4 Å². The number of benzene rings is 1. The Hall–Kier alpha value is -2.37. The topological polar surface area (TPSA) is 74.5 Å². The number of carbonyl (C=O) groups is 1. The second kappa shape index (κ2) is 6.81. The van der Waals surface area contributed by atoms with Gasteiger partial charge in [-0.2, -0.15) is 4.98 Å². The third-order valence-electron chi connectivity index (χ3n) is 2.98. The molecule has 0 aliphatic heterocycles. The summed E-state index contributed by atoms with van der Waals surface area (Å²) in [5.74, 6) is 1.31. The van der Waals surface area contributed by atoms with Gasteiger partial charge >= 0.3 is 5.97 Å². The second-order valence-corrected chi connectivity index (χ2v) is 6.20. The molecule has 0 aliphatic carbocycles. The highest BCUT2D eigenvalue weighted by molar-refractivity contribution is 5.71. The Kier molecular flexibility index (Phi) is 5.03. The number of hydrogen-bond donors (Lipinski definition) is 0. The van der Waals surface area contributed by atoms with Crippen molar-refractivity contribution in [2.75, 3.05) is 6.61 Å². The van der Waals surface area contributed by atoms with Crippen LogP contribution in [-0.4, -0.2) is 28.3 Å². The molecule has 0 amide bonds. The second-order valence-electron chi connectivity index (χ2n) is 6.20. The molecule has 1 aromatic heterocycles. The molecule has 1 heterocycles. The van der Waals surface area contributed by atoms with Crippen LogP contribution in [0.5, 0.6) is 5.75 Å². The molecule has 0 aliphatic rings. The largest absolute Gasteiger partial charge is 0.482 e. The van der Waals surface area contributed by atoms with Crippen LogP contribution in [0.2, 0.25) is 0 Å². The lowest BCUT2D eigenvalue weighted by Crippen LogP contribution is -2.27. The standard InChI is InChI=1S/C17H22N2O4/c1-6-12-9-13(16-18-11(2)19-23-16)7-8-14(12)21-10-15(20)22-17(3,4)5/h7-9H,6,10H2,1-5H3. The first-order valence-electron chi connectivity index (χ1n) is 7.56. The van der Waals surface area contributed by atoms with Crippen LogP contribution in [0.25, 0.3) is 11.5 Å². The summed E-state index contributed by atoms with van der Waals surface area (Å²) in [7, 11) is 0. The summed E-state index contributed by atoms with van der Waals surface area (Å²) in [6, 6.07) is 5.56. The molecule has 0 saturated carbocycles. The van der Waals surface area contributed by atoms with Gasteiger partial charge in [-0.25, -0.2) is 4.79 Å². The summed E-state index contributed by atoms with van der Waals surface area (Å²) in [6.45, 7) is 9.13. The summed E-state index contributed by atoms with van der Waals surface area (Å²) < 4.78 is 16.0. The van der Waals surface area contributed by atoms with E-state index in [1.54, 1.807) is 13.0 Å². The van der Waals surface area contributed by atoms with E-state index in [4.69, 9.17) is 14.0 Å². The number of carbonyl (C=O) groups excluding carboxylic acids is 1. The molecule has 23 heavy (non-hydrogen) atoms. The quantitative estimate of drug-likeness (QED) is 0.787. The number of esters is 1. The Morgan fingerprint density at radius 3 is 2.61 bits per heavy atom. The molecule has 6 heteroatoms. The Balaban J connectivity index is 2.09. The Morgan fingerprint density at radius 2 is 2.04 bits per heavy atom. The van der Waals surface area contributed by atoms with Crippen LogP contribution in [0, 0.1) is 6.92 Å². The van der Waals surface area contributed by atoms with Gasteiger partial charge in [0.25, 0.3) is 5.89 Å². The minimum atomic E-state index is -0.520. The van der Waals surface area contributed by atoms with Crippen LogP contribution >= 0.6 is 0 Å². The van der Waals surface area contributed by atoms with E-state index in [1.165, 1.54) is 0 Å². The first-order valence-corrected chi connectivity index (χ1v) is 7.56. The molecule has 0 radical (unpaired) electrons. The number of ether oxygens (including phenoxy) is 2. The van der Waals surface area contributed by atoms with Crippen molar-refractivity contribution in [3.63, 3.8) is 0 Å². The minimum Gasteiger partial charge on any atom is -0.482 e. The van der Waals surface area contributed by atoms with Crippen LogP contribution < -0.4 is 4.74 Å². The predicted octanol–water partition coefficient (Wildman–Crippen LogP) is 3.33. The van der Waals surface area contributed by atoms with Crippen molar-refractivity contribution >= 4 is 5.97 Å². The fraction of sp³-hybridized carbons (Fsp3) is 0.471. The van der Waals surface area contributed by atoms with Crippen LogP contribution in [0.15, 0.2) is 22.7 Å². The van der Waals surface area contributed by atoms with Gasteiger partial charge in [-0.15, -0.1) is 0 Å². The van der Waals surface area contributed by atoms with Crippen molar-refractivity contribution in [1.82, 2.24) is 10.1 Å². The van der Waals surface area contributed by atoms with Crippen LogP contribution in [0.3, 0.4) is 0 Å². The molecule has 2 aromatic rings. The Morgan fingerprint density at radius 1 is 1.30 bits per heavy atom. The zero-order valence-electron chi connectivity index (χ0n) is 14.2. The lowest BCUT2D eigenvalue weighted by Gasteiger charge is -2.19. The Labute approximate surface area is 135 Å². The van der Waals surface area contributed by atoms with E-state index >= 15 is 0 Å². The average Bonchev–Trinajstić information content (AvgIpc) is 2.89. The van der Waals surface area contributed by atoms with E-state index in [0.717, 1.165) is 17.5 Å². The van der Waals surface area contributed by atoms with E-state index in [1.807, 2.05) is 39.8 Å². The normalized spacial score (nSPS) is 11.3. The van der Waals surface area contributed by atoms with E-state index < -0.39 is 11.6 Å². The monoisotopic (exact) mass is 318 g/mol. The highest BCUT2D eigenvalue weighted by Gasteiger charge is 2.17. The van der Waals surface area contributed by atoms with Crippen molar-refractivity contribution in [3.8, 4) is 17.2 Å². The highest BCUT2D eigenvalue weighted by atomic mass is 16.6. The molecule has 6 nitrogen and oxygen atoms in total. The molecule has 0 N–H and O–H groups in total. The van der Waals surface area contributed by atoms with Crippen LogP contribution in [-0.2, 0) is 16.0 Å². The molecular weight excluding hydrogens is 296 g/mol. The fourth-order valence-electron chi connectivity index (χ4n) is 2.05. The summed E-state index contributed by atoms with van der Waals surface area (Å²) in [5.41, 5.74) is 1.27. The molecule has 124 valence electrons. The van der Waals surface area contributed by atoms with Gasteiger partial charge < -0.3 is 14.0 Å². The smallest absolute Gasteiger partial charge is 0.344 e. The minimum absolute atomic E-state index is 0.122. The van der Waals surface area contributed by atoms with Gasteiger partial charge in [-0.3, -0.25) is 0 Å². The van der Waals surface area contributed by atoms with Gasteiger partial charge in [0.05, 0.1) is 0 Å². The first kappa shape index (κ1) is 17.0. The summed E-state index contributed by atoms with van der Waals surface area (Å²) in [4.78, 5) is 16.0. The summed E-state index contributed by atoms with van der Waals surface area (Å²) in [6.07, 6.45) is 0.755. The van der Waals surface area contributed by atoms with Gasteiger partial charge in [0.2, 0.25) is 0 Å². The highest BCUT2D eigenvalue weighted by Crippen LogP contribution is 2.26. The third kappa shape index (κ3) is 4.81. The predicted molar refractivity (Wildman–Crippen MR) is 85.2 cm³/mol. The number of aromatic nitrogens is 2. The molecule has 1 aromatic carbocycles. The molecule has 0 bridgehead atoms. The molecule has 0 spiro atoms. The maximum atomic E-state index is 11.7. The number of rotatable bonds is 5. The zero-order valence-corrected chi connectivity index (χ0v) is 14.2. The molecule has 0 unspecified atom stereocenters. The molecule has 2 rings (SSSR count). The molecule has 0 atom stereocenters. The van der Waals surface area contributed by atoms with E-state index in [-0.39, 0.29) is 6.61 Å². The maximum absolute atomic E-state index is 11.7. The first-order chi connectivity index (χ1) is 10.8. The van der Waals surface area contributed by atoms with E-state index in [9.17, 15) is 4.79 Å². The summed E-state index contributed by atoms with van der Waals surface area (Å²) >= 11 is 0. The van der Waals surface area contributed by atoms with E-state index in [0.29, 0.717) is 17.5 Å². The molecule has 0 saturated heterocycles. The van der Waals surface area contributed by atoms with Crippen molar-refractivity contribution in [3.05, 3.63) is 29.6 Å². The fourth-order valence-corrected chi connectivity index (χ4v) is 2.05. The van der Waals surface area contributed by atoms with Gasteiger partial charge in [0.15, 0.2) is 12.4 Å². The zero-order chi connectivity index (χ0) is 17.0. The Bertz CT molecular complexity index is 686. The lowest BCUT2D eigenvalue weighted by atomic mass is 10.1. The average molecular weight is 318 g/mol. The molecular formula is C17H22N2O4. The SMILES string of the molecule is CCc1cc(-c2nc(C)no2)ccc1OCC(=O)OC(C)(C)C. The number of hydrogen-bond acceptors (Lipinski definition) is 6. The van der Waals surface area contributed by atoms with Crippen molar-refractivity contribution < 1.29 is 18.8 Å². The van der Waals surface area contributed by atoms with Crippen molar-refractivity contribution in [1.29, 1.82) is 0 Å². The number of aryl methyl sites for hydroxylation is 2. The molecule has 0 fully saturated rings. The van der Waals surface area contributed by atoms with Crippen LogP contribution in [0.4, 0.5) is 0 Å².